The van der Waals surface area contributed by atoms with E-state index in [1.54, 1.807) is 54.3 Å². The number of carboxylic acids is 1. The van der Waals surface area contributed by atoms with E-state index in [0.29, 0.717) is 40.6 Å². The van der Waals surface area contributed by atoms with Gasteiger partial charge in [0.15, 0.2) is 5.69 Å². The number of anilines is 3. The lowest BCUT2D eigenvalue weighted by atomic mass is 10.0. The van der Waals surface area contributed by atoms with Crippen LogP contribution in [0.25, 0.3) is 0 Å². The molecule has 1 aliphatic heterocycles. The van der Waals surface area contributed by atoms with Crippen molar-refractivity contribution in [3.8, 4) is 5.75 Å². The summed E-state index contributed by atoms with van der Waals surface area (Å²) in [5, 5.41) is 21.5. The predicted molar refractivity (Wildman–Crippen MR) is 167 cm³/mol. The Morgan fingerprint density at radius 3 is 2.51 bits per heavy atom. The molecule has 12 nitrogen and oxygen atoms in total. The van der Waals surface area contributed by atoms with Crippen LogP contribution < -0.4 is 25.6 Å². The van der Waals surface area contributed by atoms with Crippen molar-refractivity contribution in [3.05, 3.63) is 101 Å². The van der Waals surface area contributed by atoms with Gasteiger partial charge in [-0.2, -0.15) is 0 Å². The van der Waals surface area contributed by atoms with Gasteiger partial charge in [-0.1, -0.05) is 41.6 Å². The first-order valence-corrected chi connectivity index (χ1v) is 14.4. The Bertz CT molecular complexity index is 1720. The first-order chi connectivity index (χ1) is 21.7. The maximum Gasteiger partial charge on any atom is 0.326 e. The molecule has 0 saturated heterocycles. The lowest BCUT2D eigenvalue weighted by Gasteiger charge is -2.19. The Balaban J connectivity index is 1.19. The zero-order chi connectivity index (χ0) is 31.9. The number of amides is 4. The highest BCUT2D eigenvalue weighted by atomic mass is 16.5. The lowest BCUT2D eigenvalue weighted by molar-refractivity contribution is -0.137. The standard InChI is InChI=1S/C33H33N5O7/c1-20-17-27(37-45-20)32(42)35-25(13-14-31(40)41)22-8-10-24(11-9-22)34-30(39)19-21-7-12-26(29(18-21)44-2)36-33(43)38-16-15-23-5-3-4-6-28(23)38/h3-12,17-18,25H,13-16,19H2,1-2H3,(H,34,39)(H,35,42)(H,36,43)(H,40,41). The van der Waals surface area contributed by atoms with Gasteiger partial charge in [-0.3, -0.25) is 19.3 Å². The number of hydrogen-bond acceptors (Lipinski definition) is 7. The van der Waals surface area contributed by atoms with Crippen LogP contribution in [0, 0.1) is 6.92 Å². The fourth-order valence-electron chi connectivity index (χ4n) is 5.17. The van der Waals surface area contributed by atoms with Crippen LogP contribution in [-0.4, -0.2) is 47.7 Å². The Morgan fingerprint density at radius 2 is 1.80 bits per heavy atom. The molecular formula is C33H33N5O7. The number of nitrogens with zero attached hydrogens (tertiary/aromatic N) is 2. The minimum Gasteiger partial charge on any atom is -0.495 e. The molecule has 45 heavy (non-hydrogen) atoms. The van der Waals surface area contributed by atoms with Crippen LogP contribution in [0.15, 0.2) is 77.3 Å². The average Bonchev–Trinajstić information content (AvgIpc) is 3.67. The van der Waals surface area contributed by atoms with Crippen LogP contribution in [0.3, 0.4) is 0 Å². The molecule has 12 heteroatoms. The number of carbonyl (C=O) groups excluding carboxylic acids is 3. The summed E-state index contributed by atoms with van der Waals surface area (Å²) >= 11 is 0. The summed E-state index contributed by atoms with van der Waals surface area (Å²) in [7, 11) is 1.50. The monoisotopic (exact) mass is 611 g/mol. The molecule has 3 aromatic carbocycles. The molecule has 2 heterocycles. The third kappa shape index (κ3) is 7.66. The van der Waals surface area contributed by atoms with E-state index in [4.69, 9.17) is 9.26 Å². The number of fused-ring (bicyclic) bond motifs is 1. The minimum absolute atomic E-state index is 0.0558. The van der Waals surface area contributed by atoms with Gasteiger partial charge in [0.1, 0.15) is 11.5 Å². The molecule has 0 aliphatic carbocycles. The normalized spacial score (nSPS) is 12.6. The number of rotatable bonds is 11. The van der Waals surface area contributed by atoms with Crippen LogP contribution in [0.2, 0.25) is 0 Å². The number of hydrogen-bond donors (Lipinski definition) is 4. The van der Waals surface area contributed by atoms with Crippen molar-refractivity contribution in [2.45, 2.75) is 38.6 Å². The summed E-state index contributed by atoms with van der Waals surface area (Å²) in [6, 6.07) is 20.4. The minimum atomic E-state index is -0.986. The molecule has 0 bridgehead atoms. The summed E-state index contributed by atoms with van der Waals surface area (Å²) in [6.45, 7) is 2.26. The van der Waals surface area contributed by atoms with Gasteiger partial charge in [0, 0.05) is 30.4 Å². The van der Waals surface area contributed by atoms with E-state index in [2.05, 4.69) is 21.1 Å². The van der Waals surface area contributed by atoms with Gasteiger partial charge in [0.05, 0.1) is 25.3 Å². The number of urea groups is 1. The Labute approximate surface area is 259 Å². The maximum absolute atomic E-state index is 13.0. The van der Waals surface area contributed by atoms with Crippen molar-refractivity contribution in [1.82, 2.24) is 10.5 Å². The molecule has 1 aromatic heterocycles. The van der Waals surface area contributed by atoms with Crippen LogP contribution >= 0.6 is 0 Å². The third-order valence-corrected chi connectivity index (χ3v) is 7.41. The zero-order valence-corrected chi connectivity index (χ0v) is 24.8. The molecule has 4 aromatic rings. The molecule has 0 radical (unpaired) electrons. The smallest absolute Gasteiger partial charge is 0.326 e. The highest BCUT2D eigenvalue weighted by molar-refractivity contribution is 6.04. The van der Waals surface area contributed by atoms with Gasteiger partial charge < -0.3 is 30.3 Å². The number of aromatic nitrogens is 1. The SMILES string of the molecule is COc1cc(CC(=O)Nc2ccc(C(CCC(=O)O)NC(=O)c3cc(C)on3)cc2)ccc1NC(=O)N1CCc2ccccc21. The van der Waals surface area contributed by atoms with E-state index in [-0.39, 0.29) is 36.9 Å². The molecule has 5 rings (SSSR count). The quantitative estimate of drug-likeness (QED) is 0.182. The van der Waals surface area contributed by atoms with Crippen molar-refractivity contribution in [3.63, 3.8) is 0 Å². The zero-order valence-electron chi connectivity index (χ0n) is 24.8. The van der Waals surface area contributed by atoms with Gasteiger partial charge in [0.2, 0.25) is 5.91 Å². The molecule has 0 spiro atoms. The van der Waals surface area contributed by atoms with Crippen molar-refractivity contribution in [2.24, 2.45) is 0 Å². The predicted octanol–water partition coefficient (Wildman–Crippen LogP) is 5.10. The topological polar surface area (TPSA) is 163 Å². The van der Waals surface area contributed by atoms with E-state index < -0.39 is 17.9 Å². The first kappa shape index (κ1) is 30.8. The van der Waals surface area contributed by atoms with E-state index >= 15 is 0 Å². The first-order valence-electron chi connectivity index (χ1n) is 14.4. The van der Waals surface area contributed by atoms with E-state index in [9.17, 15) is 24.3 Å². The van der Waals surface area contributed by atoms with E-state index in [0.717, 1.165) is 17.7 Å². The number of para-hydroxylation sites is 1. The number of carbonyl (C=O) groups is 4. The van der Waals surface area contributed by atoms with Gasteiger partial charge in [-0.15, -0.1) is 0 Å². The highest BCUT2D eigenvalue weighted by Gasteiger charge is 2.25. The molecule has 232 valence electrons. The molecular weight excluding hydrogens is 578 g/mol. The number of methoxy groups -OCH3 is 1. The Morgan fingerprint density at radius 1 is 1.02 bits per heavy atom. The van der Waals surface area contributed by atoms with Gasteiger partial charge in [-0.25, -0.2) is 4.79 Å². The summed E-state index contributed by atoms with van der Waals surface area (Å²) < 4.78 is 10.5. The van der Waals surface area contributed by atoms with Gasteiger partial charge in [-0.05, 0) is 66.8 Å². The van der Waals surface area contributed by atoms with E-state index in [1.807, 2.05) is 24.3 Å². The Kier molecular flexibility index (Phi) is 9.42. The maximum atomic E-state index is 13.0. The second-order valence-electron chi connectivity index (χ2n) is 10.6. The number of aliphatic carboxylic acids is 1. The van der Waals surface area contributed by atoms with Crippen LogP contribution in [0.4, 0.5) is 21.9 Å². The second-order valence-corrected chi connectivity index (χ2v) is 10.6. The largest absolute Gasteiger partial charge is 0.495 e. The third-order valence-electron chi connectivity index (χ3n) is 7.41. The van der Waals surface area contributed by atoms with Crippen molar-refractivity contribution in [2.75, 3.05) is 29.2 Å². The van der Waals surface area contributed by atoms with Crippen LogP contribution in [0.1, 0.15) is 51.8 Å². The van der Waals surface area contributed by atoms with Crippen LogP contribution in [-0.2, 0) is 22.4 Å². The Hall–Kier alpha value is -5.65. The number of carboxylic acid groups (broad SMARTS) is 1. The fourth-order valence-corrected chi connectivity index (χ4v) is 5.17. The summed E-state index contributed by atoms with van der Waals surface area (Å²) in [6.07, 6.45) is 0.857. The molecule has 1 atom stereocenters. The second kappa shape index (κ2) is 13.8. The lowest BCUT2D eigenvalue weighted by Crippen LogP contribution is -2.33. The van der Waals surface area contributed by atoms with Crippen molar-refractivity contribution >= 4 is 40.9 Å². The van der Waals surface area contributed by atoms with E-state index in [1.165, 1.54) is 13.2 Å². The highest BCUT2D eigenvalue weighted by Crippen LogP contribution is 2.31. The fraction of sp³-hybridized carbons (Fsp3) is 0.242. The molecule has 0 saturated carbocycles. The molecule has 1 unspecified atom stereocenters. The molecule has 4 amide bonds. The summed E-state index contributed by atoms with van der Waals surface area (Å²) in [5.41, 5.74) is 4.49. The summed E-state index contributed by atoms with van der Waals surface area (Å²) in [4.78, 5) is 51.4. The molecule has 4 N–H and O–H groups in total. The van der Waals surface area contributed by atoms with Crippen LogP contribution in [0.5, 0.6) is 5.75 Å². The van der Waals surface area contributed by atoms with Gasteiger partial charge >= 0.3 is 12.0 Å². The number of ether oxygens (including phenoxy) is 1. The average molecular weight is 612 g/mol. The molecule has 1 aliphatic rings. The summed E-state index contributed by atoms with van der Waals surface area (Å²) in [5.74, 6) is -0.831. The number of aryl methyl sites for hydroxylation is 1. The van der Waals surface area contributed by atoms with Crippen molar-refractivity contribution < 1.29 is 33.5 Å². The number of benzene rings is 3. The number of nitrogens with one attached hydrogen (secondary N) is 3. The van der Waals surface area contributed by atoms with Gasteiger partial charge in [0.25, 0.3) is 5.91 Å². The van der Waals surface area contributed by atoms with Crippen molar-refractivity contribution in [1.29, 1.82) is 0 Å². The molecule has 0 fully saturated rings.